The predicted octanol–water partition coefficient (Wildman–Crippen LogP) is 2.72. The normalized spacial score (nSPS) is 11.7. The van der Waals surface area contributed by atoms with Crippen molar-refractivity contribution in [3.63, 3.8) is 0 Å². The number of hydrogen-bond donors (Lipinski definition) is 2. The summed E-state index contributed by atoms with van der Waals surface area (Å²) in [6.07, 6.45) is 0. The molecule has 0 aliphatic rings. The molecule has 0 radical (unpaired) electrons. The summed E-state index contributed by atoms with van der Waals surface area (Å²) in [6, 6.07) is 5.60. The Hall–Kier alpha value is -1.22. The zero-order valence-electron chi connectivity index (χ0n) is 10.4. The first kappa shape index (κ1) is 12.8. The average molecular weight is 223 g/mol. The summed E-state index contributed by atoms with van der Waals surface area (Å²) in [7, 11) is 0. The van der Waals surface area contributed by atoms with Crippen molar-refractivity contribution in [2.45, 2.75) is 46.3 Å². The van der Waals surface area contributed by atoms with Crippen molar-refractivity contribution in [2.75, 3.05) is 0 Å². The van der Waals surface area contributed by atoms with Gasteiger partial charge in [0.15, 0.2) is 0 Å². The second-order valence-corrected chi connectivity index (χ2v) is 4.67. The molecular weight excluding hydrogens is 202 g/mol. The third-order valence-electron chi connectivity index (χ3n) is 2.75. The molecule has 0 unspecified atom stereocenters. The molecule has 0 amide bonds. The number of rotatable bonds is 4. The van der Waals surface area contributed by atoms with Gasteiger partial charge in [-0.05, 0) is 33.8 Å². The molecule has 1 aromatic rings. The molecule has 0 aromatic heterocycles. The third-order valence-corrected chi connectivity index (χ3v) is 2.75. The van der Waals surface area contributed by atoms with E-state index < -0.39 is 0 Å². The van der Waals surface area contributed by atoms with E-state index in [0.717, 1.165) is 5.56 Å². The summed E-state index contributed by atoms with van der Waals surface area (Å²) in [5.74, 6) is 0.258. The molecule has 1 aromatic carbocycles. The van der Waals surface area contributed by atoms with Gasteiger partial charge in [-0.3, -0.25) is 4.90 Å². The first-order valence-electron chi connectivity index (χ1n) is 5.68. The zero-order chi connectivity index (χ0) is 12.3. The molecule has 0 aliphatic heterocycles. The first-order valence-corrected chi connectivity index (χ1v) is 5.68. The van der Waals surface area contributed by atoms with Crippen LogP contribution >= 0.6 is 0 Å². The maximum Gasteiger partial charge on any atom is 0.123 e. The lowest BCUT2D eigenvalue weighted by Gasteiger charge is -2.30. The minimum absolute atomic E-state index is 0.0990. The van der Waals surface area contributed by atoms with Crippen LogP contribution in [-0.2, 0) is 6.54 Å². The molecule has 0 saturated heterocycles. The lowest BCUT2D eigenvalue weighted by molar-refractivity contribution is 0.164. The molecular formula is C13H21NO2. The van der Waals surface area contributed by atoms with Crippen LogP contribution in [0.3, 0.4) is 0 Å². The molecule has 0 atom stereocenters. The summed E-state index contributed by atoms with van der Waals surface area (Å²) < 4.78 is 0. The highest BCUT2D eigenvalue weighted by atomic mass is 16.3. The molecule has 3 heteroatoms. The maximum absolute atomic E-state index is 9.72. The molecule has 1 rings (SSSR count). The number of benzene rings is 1. The van der Waals surface area contributed by atoms with Crippen LogP contribution in [0.25, 0.3) is 0 Å². The van der Waals surface area contributed by atoms with E-state index in [-0.39, 0.29) is 11.5 Å². The van der Waals surface area contributed by atoms with Crippen LogP contribution in [0.4, 0.5) is 0 Å². The van der Waals surface area contributed by atoms with Gasteiger partial charge in [-0.1, -0.05) is 6.07 Å². The van der Waals surface area contributed by atoms with E-state index in [1.54, 1.807) is 12.1 Å². The number of phenols is 2. The summed E-state index contributed by atoms with van der Waals surface area (Å²) >= 11 is 0. The van der Waals surface area contributed by atoms with Crippen molar-refractivity contribution in [1.29, 1.82) is 0 Å². The largest absolute Gasteiger partial charge is 0.508 e. The van der Waals surface area contributed by atoms with E-state index in [0.29, 0.717) is 18.6 Å². The van der Waals surface area contributed by atoms with E-state index >= 15 is 0 Å². The van der Waals surface area contributed by atoms with Crippen LogP contribution in [0.1, 0.15) is 33.3 Å². The van der Waals surface area contributed by atoms with Crippen LogP contribution in [-0.4, -0.2) is 27.2 Å². The molecule has 0 saturated carbocycles. The van der Waals surface area contributed by atoms with E-state index in [9.17, 15) is 10.2 Å². The van der Waals surface area contributed by atoms with Gasteiger partial charge in [0, 0.05) is 30.3 Å². The average Bonchev–Trinajstić information content (AvgIpc) is 2.15. The highest BCUT2D eigenvalue weighted by molar-refractivity contribution is 5.38. The Labute approximate surface area is 97.3 Å². The summed E-state index contributed by atoms with van der Waals surface area (Å²) in [5.41, 5.74) is 0.847. The number of phenolic OH excluding ortho intramolecular Hbond substituents is 2. The van der Waals surface area contributed by atoms with Gasteiger partial charge in [0.05, 0.1) is 0 Å². The molecule has 90 valence electrons. The molecule has 16 heavy (non-hydrogen) atoms. The van der Waals surface area contributed by atoms with Gasteiger partial charge in [0.25, 0.3) is 0 Å². The first-order chi connectivity index (χ1) is 7.41. The Morgan fingerprint density at radius 1 is 1.06 bits per heavy atom. The molecule has 0 bridgehead atoms. The topological polar surface area (TPSA) is 43.7 Å². The Balaban J connectivity index is 2.85. The lowest BCUT2D eigenvalue weighted by Crippen LogP contribution is -2.36. The van der Waals surface area contributed by atoms with Crippen LogP contribution in [0, 0.1) is 0 Å². The second kappa shape index (κ2) is 5.21. The van der Waals surface area contributed by atoms with Gasteiger partial charge in [0.1, 0.15) is 11.5 Å². The maximum atomic E-state index is 9.72. The number of aromatic hydroxyl groups is 2. The van der Waals surface area contributed by atoms with Crippen LogP contribution in [0.2, 0.25) is 0 Å². The minimum atomic E-state index is 0.0990. The fourth-order valence-corrected chi connectivity index (χ4v) is 1.84. The van der Waals surface area contributed by atoms with Gasteiger partial charge >= 0.3 is 0 Å². The van der Waals surface area contributed by atoms with Crippen molar-refractivity contribution in [3.8, 4) is 11.5 Å². The van der Waals surface area contributed by atoms with Crippen LogP contribution in [0.15, 0.2) is 18.2 Å². The Bertz CT molecular complexity index is 340. The van der Waals surface area contributed by atoms with Crippen molar-refractivity contribution in [2.24, 2.45) is 0 Å². The smallest absolute Gasteiger partial charge is 0.123 e. The summed E-state index contributed by atoms with van der Waals surface area (Å²) in [6.45, 7) is 9.24. The predicted molar refractivity (Wildman–Crippen MR) is 65.6 cm³/mol. The Morgan fingerprint density at radius 2 is 1.62 bits per heavy atom. The van der Waals surface area contributed by atoms with E-state index in [4.69, 9.17) is 0 Å². The molecule has 0 aliphatic carbocycles. The van der Waals surface area contributed by atoms with Crippen molar-refractivity contribution in [3.05, 3.63) is 23.8 Å². The van der Waals surface area contributed by atoms with Gasteiger partial charge in [-0.2, -0.15) is 0 Å². The molecule has 2 N–H and O–H groups in total. The van der Waals surface area contributed by atoms with Crippen molar-refractivity contribution < 1.29 is 10.2 Å². The minimum Gasteiger partial charge on any atom is -0.508 e. The van der Waals surface area contributed by atoms with Crippen molar-refractivity contribution >= 4 is 0 Å². The quantitative estimate of drug-likeness (QED) is 0.824. The van der Waals surface area contributed by atoms with Gasteiger partial charge < -0.3 is 10.2 Å². The summed E-state index contributed by atoms with van der Waals surface area (Å²) in [5, 5.41) is 18.9. The highest BCUT2D eigenvalue weighted by Crippen LogP contribution is 2.25. The second-order valence-electron chi connectivity index (χ2n) is 4.67. The van der Waals surface area contributed by atoms with Gasteiger partial charge in [-0.15, -0.1) is 0 Å². The lowest BCUT2D eigenvalue weighted by atomic mass is 10.1. The standard InChI is InChI=1S/C13H21NO2/c1-9(2)14(10(3)4)8-11-5-6-12(15)7-13(11)16/h5-7,9-10,15-16H,8H2,1-4H3. The molecule has 0 heterocycles. The van der Waals surface area contributed by atoms with E-state index in [2.05, 4.69) is 32.6 Å². The van der Waals surface area contributed by atoms with E-state index in [1.807, 2.05) is 0 Å². The van der Waals surface area contributed by atoms with Crippen LogP contribution in [0.5, 0.6) is 11.5 Å². The third kappa shape index (κ3) is 3.14. The Kier molecular flexibility index (Phi) is 4.19. The Morgan fingerprint density at radius 3 is 2.06 bits per heavy atom. The summed E-state index contributed by atoms with van der Waals surface area (Å²) in [4.78, 5) is 2.28. The SMILES string of the molecule is CC(C)N(Cc1ccc(O)cc1O)C(C)C. The fraction of sp³-hybridized carbons (Fsp3) is 0.538. The van der Waals surface area contributed by atoms with Gasteiger partial charge in [0.2, 0.25) is 0 Å². The molecule has 0 fully saturated rings. The van der Waals surface area contributed by atoms with Crippen molar-refractivity contribution in [1.82, 2.24) is 4.90 Å². The number of nitrogens with zero attached hydrogens (tertiary/aromatic N) is 1. The zero-order valence-corrected chi connectivity index (χ0v) is 10.4. The monoisotopic (exact) mass is 223 g/mol. The molecule has 3 nitrogen and oxygen atoms in total. The van der Waals surface area contributed by atoms with Crippen LogP contribution < -0.4 is 0 Å². The molecule has 0 spiro atoms. The van der Waals surface area contributed by atoms with E-state index in [1.165, 1.54) is 6.07 Å². The number of hydrogen-bond acceptors (Lipinski definition) is 3. The highest BCUT2D eigenvalue weighted by Gasteiger charge is 2.15. The van der Waals surface area contributed by atoms with Gasteiger partial charge in [-0.25, -0.2) is 0 Å². The fourth-order valence-electron chi connectivity index (χ4n) is 1.84.